The van der Waals surface area contributed by atoms with E-state index in [-0.39, 0.29) is 10.8 Å². The molecule has 0 saturated heterocycles. The van der Waals surface area contributed by atoms with Crippen molar-refractivity contribution >= 4 is 42.8 Å². The summed E-state index contributed by atoms with van der Waals surface area (Å²) in [6.45, 7) is 13.8. The molecule has 0 bridgehead atoms. The van der Waals surface area contributed by atoms with E-state index in [0.717, 1.165) is 0 Å². The van der Waals surface area contributed by atoms with Gasteiger partial charge in [-0.1, -0.05) is 96.1 Å². The van der Waals surface area contributed by atoms with Crippen molar-refractivity contribution < 1.29 is 4.43 Å². The van der Waals surface area contributed by atoms with Crippen molar-refractivity contribution in [2.45, 2.75) is 47.1 Å². The normalized spacial score (nSPS) is 13.9. The van der Waals surface area contributed by atoms with Crippen molar-refractivity contribution in [3.05, 3.63) is 60.2 Å². The van der Waals surface area contributed by atoms with Crippen LogP contribution in [0.25, 0.3) is 32.3 Å². The number of hydrogen-bond acceptors (Lipinski definition) is 1. The molecule has 0 heterocycles. The van der Waals surface area contributed by atoms with Crippen LogP contribution >= 0.6 is 0 Å². The van der Waals surface area contributed by atoms with Gasteiger partial charge in [-0.2, -0.15) is 0 Å². The van der Waals surface area contributed by atoms with E-state index >= 15 is 0 Å². The molecule has 4 aromatic carbocycles. The lowest BCUT2D eigenvalue weighted by molar-refractivity contribution is -0.118. The molecule has 1 nitrogen and oxygen atoms in total. The molecule has 0 fully saturated rings. The molecule has 4 rings (SSSR count). The highest BCUT2D eigenvalue weighted by molar-refractivity contribution is 6.23. The Hall–Kier alpha value is -1.90. The molecule has 2 heteroatoms. The van der Waals surface area contributed by atoms with Gasteiger partial charge in [0.25, 0.3) is 0 Å². The molecule has 0 atom stereocenters. The third kappa shape index (κ3) is 2.39. The largest absolute Gasteiger partial charge is 0.414 e. The molecule has 0 N–H and O–H groups in total. The summed E-state index contributed by atoms with van der Waals surface area (Å²) in [6.07, 6.45) is 0. The Bertz CT molecular complexity index is 1100. The molecule has 0 unspecified atom stereocenters. The molecule has 0 aromatic heterocycles. The second-order valence-electron chi connectivity index (χ2n) is 9.79. The van der Waals surface area contributed by atoms with E-state index in [1.54, 1.807) is 10.5 Å². The Balaban J connectivity index is 2.22. The Morgan fingerprint density at radius 2 is 1.11 bits per heavy atom. The van der Waals surface area contributed by atoms with Crippen LogP contribution in [0.5, 0.6) is 0 Å². The van der Waals surface area contributed by atoms with Crippen LogP contribution in [-0.4, -0.2) is 10.5 Å². The van der Waals surface area contributed by atoms with Gasteiger partial charge in [-0.15, -0.1) is 0 Å². The predicted octanol–water partition coefficient (Wildman–Crippen LogP) is 6.44. The third-order valence-electron chi connectivity index (χ3n) is 6.24. The Kier molecular flexibility index (Phi) is 3.96. The zero-order chi connectivity index (χ0) is 19.6. The molecule has 139 valence electrons. The maximum atomic E-state index is 6.47. The van der Waals surface area contributed by atoms with Gasteiger partial charge in [0.05, 0.1) is 5.60 Å². The Morgan fingerprint density at radius 1 is 0.630 bits per heavy atom. The monoisotopic (exact) mass is 373 g/mol. The van der Waals surface area contributed by atoms with Crippen LogP contribution in [-0.2, 0) is 10.0 Å². The van der Waals surface area contributed by atoms with E-state index in [0.29, 0.717) is 0 Å². The van der Waals surface area contributed by atoms with Crippen molar-refractivity contribution in [2.24, 2.45) is 10.8 Å². The first-order chi connectivity index (χ1) is 12.6. The van der Waals surface area contributed by atoms with Gasteiger partial charge in [-0.3, -0.25) is 0 Å². The Labute approximate surface area is 165 Å². The lowest BCUT2D eigenvalue weighted by Crippen LogP contribution is -2.52. The van der Waals surface area contributed by atoms with Gasteiger partial charge >= 0.3 is 0 Å². The van der Waals surface area contributed by atoms with Crippen molar-refractivity contribution in [1.82, 2.24) is 0 Å². The first-order valence-electron chi connectivity index (χ1n) is 9.72. The molecular weight excluding hydrogens is 344 g/mol. The highest BCUT2D eigenvalue weighted by atomic mass is 28.2. The second kappa shape index (κ2) is 5.80. The van der Waals surface area contributed by atoms with Crippen molar-refractivity contribution in [2.75, 3.05) is 0 Å². The minimum atomic E-state index is -0.402. The maximum Gasteiger partial charge on any atom is 0.176 e. The second-order valence-corrected chi connectivity index (χ2v) is 10.1. The lowest BCUT2D eigenvalue weighted by Gasteiger charge is -2.54. The highest BCUT2D eigenvalue weighted by Crippen LogP contribution is 2.55. The van der Waals surface area contributed by atoms with Gasteiger partial charge in [0.15, 0.2) is 10.5 Å². The third-order valence-corrected chi connectivity index (χ3v) is 6.67. The van der Waals surface area contributed by atoms with Gasteiger partial charge in [-0.05, 0) is 48.7 Å². The number of benzene rings is 4. The van der Waals surface area contributed by atoms with Gasteiger partial charge in [0.2, 0.25) is 0 Å². The summed E-state index contributed by atoms with van der Waals surface area (Å²) < 4.78 is 6.47. The number of hydrogen-bond donors (Lipinski definition) is 0. The van der Waals surface area contributed by atoms with Crippen LogP contribution in [0.15, 0.2) is 54.6 Å². The van der Waals surface area contributed by atoms with Gasteiger partial charge in [0.1, 0.15) is 0 Å². The van der Waals surface area contributed by atoms with Crippen LogP contribution in [0.2, 0.25) is 0 Å². The molecular formula is C25H29OSi. The topological polar surface area (TPSA) is 9.23 Å². The molecule has 0 saturated carbocycles. The van der Waals surface area contributed by atoms with Crippen molar-refractivity contribution in [1.29, 1.82) is 0 Å². The summed E-state index contributed by atoms with van der Waals surface area (Å²) in [7, 11) is 1.64. The quantitative estimate of drug-likeness (QED) is 0.290. The summed E-state index contributed by atoms with van der Waals surface area (Å²) in [5, 5.41) is 7.95. The molecule has 0 amide bonds. The fraction of sp³-hybridized carbons (Fsp3) is 0.360. The van der Waals surface area contributed by atoms with Crippen LogP contribution in [0.3, 0.4) is 0 Å². The first-order valence-corrected chi connectivity index (χ1v) is 10.3. The summed E-state index contributed by atoms with van der Waals surface area (Å²) in [5.41, 5.74) is 0.773. The average molecular weight is 374 g/mol. The van der Waals surface area contributed by atoms with Crippen LogP contribution in [0, 0.1) is 10.8 Å². The minimum Gasteiger partial charge on any atom is -0.414 e. The fourth-order valence-corrected chi connectivity index (χ4v) is 6.51. The smallest absolute Gasteiger partial charge is 0.176 e. The highest BCUT2D eigenvalue weighted by Gasteiger charge is 2.52. The molecule has 0 aliphatic rings. The van der Waals surface area contributed by atoms with E-state index in [1.807, 2.05) is 0 Å². The minimum absolute atomic E-state index is 0.0596. The number of rotatable bonds is 2. The first kappa shape index (κ1) is 18.5. The summed E-state index contributed by atoms with van der Waals surface area (Å²) in [5.74, 6) is 0. The predicted molar refractivity (Wildman–Crippen MR) is 120 cm³/mol. The molecule has 0 aliphatic heterocycles. The lowest BCUT2D eigenvalue weighted by atomic mass is 9.59. The summed E-state index contributed by atoms with van der Waals surface area (Å²) >= 11 is 0. The standard InChI is InChI=1S/C25H29OSi/c1-23(2,3)25(26-27,24(4,5)6)20-15-13-18-11-10-16-8-7-9-17-12-14-19(20)22(18)21(16)17/h7-15H,27H2,1-6H3. The molecule has 27 heavy (non-hydrogen) atoms. The zero-order valence-corrected chi connectivity index (χ0v) is 18.7. The van der Waals surface area contributed by atoms with E-state index in [9.17, 15) is 0 Å². The van der Waals surface area contributed by atoms with Gasteiger partial charge in [-0.25, -0.2) is 0 Å². The fourth-order valence-electron chi connectivity index (χ4n) is 5.49. The molecule has 0 aliphatic carbocycles. The van der Waals surface area contributed by atoms with Gasteiger partial charge in [0, 0.05) is 0 Å². The SMILES string of the molecule is CC(C)(C)C(O[SiH2])(c1ccc2ccc3cccc4ccc1c2c34)C(C)(C)C. The van der Waals surface area contributed by atoms with Crippen LogP contribution in [0.1, 0.15) is 47.1 Å². The van der Waals surface area contributed by atoms with Crippen molar-refractivity contribution in [3.8, 4) is 0 Å². The molecule has 1 radical (unpaired) electrons. The van der Waals surface area contributed by atoms with E-state index in [4.69, 9.17) is 4.43 Å². The molecule has 4 aromatic rings. The average Bonchev–Trinajstić information content (AvgIpc) is 2.59. The van der Waals surface area contributed by atoms with Gasteiger partial charge < -0.3 is 4.43 Å². The van der Waals surface area contributed by atoms with Crippen LogP contribution in [0.4, 0.5) is 0 Å². The Morgan fingerprint density at radius 3 is 1.63 bits per heavy atom. The van der Waals surface area contributed by atoms with Crippen LogP contribution < -0.4 is 0 Å². The van der Waals surface area contributed by atoms with E-state index in [2.05, 4.69) is 96.1 Å². The van der Waals surface area contributed by atoms with E-state index < -0.39 is 5.60 Å². The molecule has 0 spiro atoms. The van der Waals surface area contributed by atoms with Crippen molar-refractivity contribution in [3.63, 3.8) is 0 Å². The zero-order valence-electron chi connectivity index (χ0n) is 17.3. The van der Waals surface area contributed by atoms with E-state index in [1.165, 1.54) is 37.9 Å². The summed E-state index contributed by atoms with van der Waals surface area (Å²) in [6, 6.07) is 20.2. The summed E-state index contributed by atoms with van der Waals surface area (Å²) in [4.78, 5) is 0. The maximum absolute atomic E-state index is 6.47.